The first-order valence-electron chi connectivity index (χ1n) is 6.25. The van der Waals surface area contributed by atoms with Crippen LogP contribution in [0.2, 0.25) is 0 Å². The molecule has 0 radical (unpaired) electrons. The first-order valence-corrected chi connectivity index (χ1v) is 8.41. The van der Waals surface area contributed by atoms with Gasteiger partial charge in [-0.2, -0.15) is 13.2 Å². The molecule has 0 heterocycles. The van der Waals surface area contributed by atoms with Crippen LogP contribution in [0.25, 0.3) is 0 Å². The van der Waals surface area contributed by atoms with E-state index in [9.17, 15) is 13.2 Å². The van der Waals surface area contributed by atoms with Crippen molar-refractivity contribution in [2.24, 2.45) is 11.8 Å². The Morgan fingerprint density at radius 2 is 1.58 bits per heavy atom. The molecule has 0 aliphatic heterocycles. The Balaban J connectivity index is 2.00. The molecule has 0 saturated carbocycles. The summed E-state index contributed by atoms with van der Waals surface area (Å²) in [6.45, 7) is 0. The number of fused-ring (bicyclic) bond motifs is 1. The molecule has 4 rings (SSSR count). The van der Waals surface area contributed by atoms with Gasteiger partial charge in [-0.05, 0) is 25.0 Å². The van der Waals surface area contributed by atoms with Crippen molar-refractivity contribution in [1.29, 1.82) is 0 Å². The molecule has 0 saturated heterocycles. The molecule has 0 N–H and O–H groups in total. The molecular formula is C15H13F3I+. The van der Waals surface area contributed by atoms with Crippen LogP contribution in [0.15, 0.2) is 51.6 Å². The average Bonchev–Trinajstić information content (AvgIpc) is 2.39. The van der Waals surface area contributed by atoms with E-state index in [-0.39, 0.29) is 11.5 Å². The summed E-state index contributed by atoms with van der Waals surface area (Å²) in [4.78, 5) is 0. The van der Waals surface area contributed by atoms with Crippen LogP contribution in [0.1, 0.15) is 12.8 Å². The number of benzene rings is 1. The summed E-state index contributed by atoms with van der Waals surface area (Å²) < 4.78 is 41.6. The van der Waals surface area contributed by atoms with Crippen molar-refractivity contribution >= 4 is 0 Å². The van der Waals surface area contributed by atoms with Crippen molar-refractivity contribution in [3.8, 4) is 0 Å². The van der Waals surface area contributed by atoms with Crippen molar-refractivity contribution in [2.45, 2.75) is 19.0 Å². The second kappa shape index (κ2) is 4.96. The smallest absolute Gasteiger partial charge is 0.166 e. The standard InChI is InChI=1S/C15H13F3I/c16-15(17,18)13-10-6-8-11(9-7-10)14(13)19-12-4-2-1-3-5-12/h1-6,8,10-11H,7,9H2/q+1. The van der Waals surface area contributed by atoms with Gasteiger partial charge in [0.25, 0.3) is 0 Å². The fourth-order valence-corrected chi connectivity index (χ4v) is 6.07. The molecule has 1 aromatic rings. The van der Waals surface area contributed by atoms with Crippen molar-refractivity contribution in [2.75, 3.05) is 0 Å². The van der Waals surface area contributed by atoms with Crippen LogP contribution < -0.4 is 21.2 Å². The number of rotatable bonds is 2. The van der Waals surface area contributed by atoms with E-state index in [1.165, 1.54) is 0 Å². The van der Waals surface area contributed by atoms with Crippen LogP contribution in [0.4, 0.5) is 13.2 Å². The fourth-order valence-electron chi connectivity index (χ4n) is 2.71. The largest absolute Gasteiger partial charge is 0.417 e. The van der Waals surface area contributed by atoms with Crippen molar-refractivity contribution in [3.63, 3.8) is 0 Å². The van der Waals surface area contributed by atoms with Crippen LogP contribution in [0, 0.1) is 15.4 Å². The molecule has 3 aliphatic carbocycles. The summed E-state index contributed by atoms with van der Waals surface area (Å²) in [5.41, 5.74) is -0.233. The SMILES string of the molecule is FC(F)(F)C1=C([I+]c2ccccc2)C2C=CC1CC2. The van der Waals surface area contributed by atoms with E-state index in [0.29, 0.717) is 10.0 Å². The van der Waals surface area contributed by atoms with Gasteiger partial charge in [0, 0.05) is 11.8 Å². The van der Waals surface area contributed by atoms with Gasteiger partial charge in [0.2, 0.25) is 0 Å². The molecule has 2 bridgehead atoms. The minimum atomic E-state index is -4.17. The topological polar surface area (TPSA) is 0 Å². The number of hydrogen-bond donors (Lipinski definition) is 0. The minimum absolute atomic E-state index is 0.0228. The number of hydrogen-bond acceptors (Lipinski definition) is 0. The molecule has 0 nitrogen and oxygen atoms in total. The molecule has 1 aromatic carbocycles. The predicted molar refractivity (Wildman–Crippen MR) is 63.6 cm³/mol. The van der Waals surface area contributed by atoms with Crippen LogP contribution in [-0.4, -0.2) is 6.18 Å². The quantitative estimate of drug-likeness (QED) is 0.540. The predicted octanol–water partition coefficient (Wildman–Crippen LogP) is 1.36. The van der Waals surface area contributed by atoms with Crippen LogP contribution in [0.5, 0.6) is 0 Å². The maximum absolute atomic E-state index is 13.3. The lowest BCUT2D eigenvalue weighted by Crippen LogP contribution is -3.61. The van der Waals surface area contributed by atoms with Gasteiger partial charge in [0.15, 0.2) is 7.15 Å². The normalized spacial score (nSPS) is 26.1. The first-order chi connectivity index (χ1) is 9.05. The lowest BCUT2D eigenvalue weighted by molar-refractivity contribution is -0.585. The zero-order valence-electron chi connectivity index (χ0n) is 10.1. The van der Waals surface area contributed by atoms with Gasteiger partial charge in [-0.15, -0.1) is 0 Å². The first kappa shape index (κ1) is 13.2. The summed E-state index contributed by atoms with van der Waals surface area (Å²) in [5.74, 6) is -0.377. The molecule has 0 amide bonds. The molecule has 0 spiro atoms. The van der Waals surface area contributed by atoms with Crippen molar-refractivity contribution in [3.05, 3.63) is 55.2 Å². The Bertz CT molecular complexity index is 528. The highest BCUT2D eigenvalue weighted by atomic mass is 127. The Hall–Kier alpha value is -0.780. The number of allylic oxidation sites excluding steroid dienone is 4. The van der Waals surface area contributed by atoms with Gasteiger partial charge in [0.05, 0.1) is 5.57 Å². The second-order valence-corrected chi connectivity index (χ2v) is 7.77. The molecule has 2 unspecified atom stereocenters. The molecule has 100 valence electrons. The van der Waals surface area contributed by atoms with Gasteiger partial charge < -0.3 is 0 Å². The molecule has 2 atom stereocenters. The zero-order chi connectivity index (χ0) is 13.5. The summed E-state index contributed by atoms with van der Waals surface area (Å²) in [7, 11) is 0. The van der Waals surface area contributed by atoms with Crippen LogP contribution in [-0.2, 0) is 0 Å². The van der Waals surface area contributed by atoms with E-state index in [4.69, 9.17) is 0 Å². The maximum Gasteiger partial charge on any atom is 0.417 e. The summed E-state index contributed by atoms with van der Waals surface area (Å²) in [5, 5.41) is 0. The van der Waals surface area contributed by atoms with Gasteiger partial charge in [0.1, 0.15) is 0 Å². The van der Waals surface area contributed by atoms with E-state index in [0.717, 1.165) is 9.99 Å². The van der Waals surface area contributed by atoms with Crippen LogP contribution >= 0.6 is 0 Å². The molecule has 4 heteroatoms. The number of halogens is 4. The Morgan fingerprint density at radius 3 is 2.16 bits per heavy atom. The Kier molecular flexibility index (Phi) is 3.45. The third-order valence-corrected chi connectivity index (χ3v) is 6.87. The Morgan fingerprint density at radius 1 is 0.947 bits per heavy atom. The Labute approximate surface area is 120 Å². The maximum atomic E-state index is 13.3. The highest BCUT2D eigenvalue weighted by molar-refractivity contribution is 5.32. The van der Waals surface area contributed by atoms with Gasteiger partial charge in [-0.25, -0.2) is 0 Å². The fraction of sp³-hybridized carbons (Fsp3) is 0.333. The molecular weight excluding hydrogens is 364 g/mol. The average molecular weight is 377 g/mol. The third-order valence-electron chi connectivity index (χ3n) is 3.57. The summed E-state index contributed by atoms with van der Waals surface area (Å²) in [6.07, 6.45) is 1.11. The van der Waals surface area contributed by atoms with Gasteiger partial charge >= 0.3 is 27.4 Å². The lowest BCUT2D eigenvalue weighted by atomic mass is 9.76. The van der Waals surface area contributed by atoms with E-state index < -0.39 is 33.3 Å². The molecule has 3 aliphatic rings. The highest BCUT2D eigenvalue weighted by Crippen LogP contribution is 2.44. The molecule has 0 fully saturated rings. The van der Waals surface area contributed by atoms with Crippen LogP contribution in [0.3, 0.4) is 0 Å². The van der Waals surface area contributed by atoms with E-state index in [1.807, 2.05) is 36.4 Å². The van der Waals surface area contributed by atoms with Crippen molar-refractivity contribution < 1.29 is 34.4 Å². The van der Waals surface area contributed by atoms with Gasteiger partial charge in [-0.1, -0.05) is 30.4 Å². The highest BCUT2D eigenvalue weighted by Gasteiger charge is 2.50. The third kappa shape index (κ3) is 2.59. The van der Waals surface area contributed by atoms with E-state index >= 15 is 0 Å². The second-order valence-electron chi connectivity index (χ2n) is 4.82. The monoisotopic (exact) mass is 377 g/mol. The zero-order valence-corrected chi connectivity index (χ0v) is 12.3. The van der Waals surface area contributed by atoms with Crippen molar-refractivity contribution in [1.82, 2.24) is 0 Å². The molecule has 19 heavy (non-hydrogen) atoms. The minimum Gasteiger partial charge on any atom is -0.166 e. The lowest BCUT2D eigenvalue weighted by Gasteiger charge is -2.31. The summed E-state index contributed by atoms with van der Waals surface area (Å²) in [6, 6.07) is 9.60. The summed E-state index contributed by atoms with van der Waals surface area (Å²) >= 11 is -0.708. The molecule has 0 aromatic heterocycles. The number of alkyl halides is 3. The van der Waals surface area contributed by atoms with E-state index in [2.05, 4.69) is 0 Å². The van der Waals surface area contributed by atoms with E-state index in [1.54, 1.807) is 6.08 Å². The van der Waals surface area contributed by atoms with Gasteiger partial charge in [-0.3, -0.25) is 0 Å².